The second-order valence-electron chi connectivity index (χ2n) is 7.07. The third-order valence-corrected chi connectivity index (χ3v) is 5.82. The number of nitrogens with one attached hydrogen (secondary N) is 1. The van der Waals surface area contributed by atoms with Gasteiger partial charge in [-0.1, -0.05) is 63.4 Å². The number of hydrogen-bond donors (Lipinski definition) is 1. The zero-order valence-corrected chi connectivity index (χ0v) is 20.1. The van der Waals surface area contributed by atoms with Gasteiger partial charge in [0.25, 0.3) is 0 Å². The molecule has 32 heavy (non-hydrogen) atoms. The van der Waals surface area contributed by atoms with E-state index >= 15 is 0 Å². The summed E-state index contributed by atoms with van der Waals surface area (Å²) in [6.45, 7) is 0.957. The minimum Gasteiger partial charge on any atom is -0.488 e. The molecule has 0 saturated carbocycles. The van der Waals surface area contributed by atoms with E-state index in [9.17, 15) is 0 Å². The number of benzene rings is 4. The summed E-state index contributed by atoms with van der Waals surface area (Å²) in [7, 11) is 0. The molecule has 0 heterocycles. The Morgan fingerprint density at radius 3 is 2.25 bits per heavy atom. The van der Waals surface area contributed by atoms with Gasteiger partial charge in [-0.3, -0.25) is 0 Å². The third-order valence-electron chi connectivity index (χ3n) is 4.74. The summed E-state index contributed by atoms with van der Waals surface area (Å²) < 4.78 is 12.9. The lowest BCUT2D eigenvalue weighted by Gasteiger charge is -2.14. The zero-order chi connectivity index (χ0) is 22.3. The maximum absolute atomic E-state index is 6.27. The molecule has 6 heteroatoms. The predicted octanol–water partition coefficient (Wildman–Crippen LogP) is 8.74. The molecule has 0 spiro atoms. The average molecular weight is 529 g/mol. The molecule has 0 amide bonds. The van der Waals surface area contributed by atoms with Crippen LogP contribution in [0, 0.1) is 0 Å². The van der Waals surface area contributed by atoms with Gasteiger partial charge in [0.15, 0.2) is 0 Å². The maximum Gasteiger partial charge on any atom is 0.127 e. The number of rotatable bonds is 8. The molecule has 0 aliphatic heterocycles. The Morgan fingerprint density at radius 1 is 0.750 bits per heavy atom. The van der Waals surface area contributed by atoms with Crippen molar-refractivity contribution in [1.29, 1.82) is 0 Å². The van der Waals surface area contributed by atoms with Crippen LogP contribution in [0.25, 0.3) is 0 Å². The summed E-state index contributed by atoms with van der Waals surface area (Å²) in [6.07, 6.45) is 0. The average Bonchev–Trinajstić information content (AvgIpc) is 2.80. The van der Waals surface area contributed by atoms with Crippen LogP contribution in [0.4, 0.5) is 5.69 Å². The van der Waals surface area contributed by atoms with Crippen LogP contribution < -0.4 is 14.8 Å². The molecule has 0 aromatic heterocycles. The Labute approximate surface area is 206 Å². The molecule has 0 aliphatic carbocycles. The van der Waals surface area contributed by atoms with Gasteiger partial charge in [0.05, 0.1) is 0 Å². The van der Waals surface area contributed by atoms with Crippen molar-refractivity contribution in [2.75, 3.05) is 5.32 Å². The SMILES string of the molecule is Clc1ccc(COc2ccc(Br)cc2CNc2ccc(Oc3ccccc3)cc2)c(Cl)c1. The Kier molecular flexibility index (Phi) is 7.59. The van der Waals surface area contributed by atoms with Crippen LogP contribution in [-0.2, 0) is 13.2 Å². The fourth-order valence-electron chi connectivity index (χ4n) is 3.08. The number of anilines is 1. The fraction of sp³-hybridized carbons (Fsp3) is 0.0769. The first-order valence-corrected chi connectivity index (χ1v) is 11.5. The summed E-state index contributed by atoms with van der Waals surface area (Å²) in [5, 5.41) is 4.63. The second-order valence-corrected chi connectivity index (χ2v) is 8.83. The Bertz CT molecular complexity index is 1180. The lowest BCUT2D eigenvalue weighted by atomic mass is 10.2. The lowest BCUT2D eigenvalue weighted by molar-refractivity contribution is 0.303. The van der Waals surface area contributed by atoms with Crippen LogP contribution in [0.3, 0.4) is 0 Å². The van der Waals surface area contributed by atoms with E-state index in [4.69, 9.17) is 32.7 Å². The summed E-state index contributed by atoms with van der Waals surface area (Å²) >= 11 is 15.8. The Morgan fingerprint density at radius 2 is 1.50 bits per heavy atom. The second kappa shape index (κ2) is 10.8. The standard InChI is InChI=1S/C26H20BrCl2NO2/c27-20-7-13-26(31-17-18-6-8-21(28)15-25(18)29)19(14-20)16-30-22-9-11-24(12-10-22)32-23-4-2-1-3-5-23/h1-15,30H,16-17H2. The predicted molar refractivity (Wildman–Crippen MR) is 135 cm³/mol. The first kappa shape index (κ1) is 22.5. The van der Waals surface area contributed by atoms with Crippen LogP contribution in [0.2, 0.25) is 10.0 Å². The fourth-order valence-corrected chi connectivity index (χ4v) is 3.96. The molecule has 0 atom stereocenters. The number of para-hydroxylation sites is 1. The van der Waals surface area contributed by atoms with Gasteiger partial charge in [-0.05, 0) is 66.7 Å². The van der Waals surface area contributed by atoms with Crippen LogP contribution in [0.5, 0.6) is 17.2 Å². The molecule has 3 nitrogen and oxygen atoms in total. The summed E-state index contributed by atoms with van der Waals surface area (Å²) in [5.74, 6) is 2.38. The van der Waals surface area contributed by atoms with Gasteiger partial charge in [-0.15, -0.1) is 0 Å². The van der Waals surface area contributed by atoms with Crippen molar-refractivity contribution in [2.24, 2.45) is 0 Å². The molecule has 0 radical (unpaired) electrons. The Hall–Kier alpha value is -2.66. The zero-order valence-electron chi connectivity index (χ0n) is 17.0. The topological polar surface area (TPSA) is 30.5 Å². The highest BCUT2D eigenvalue weighted by Gasteiger charge is 2.08. The van der Waals surface area contributed by atoms with E-state index in [-0.39, 0.29) is 0 Å². The van der Waals surface area contributed by atoms with Gasteiger partial charge in [0.1, 0.15) is 23.9 Å². The number of hydrogen-bond acceptors (Lipinski definition) is 3. The van der Waals surface area contributed by atoms with Crippen molar-refractivity contribution in [3.05, 3.63) is 117 Å². The summed E-state index contributed by atoms with van der Waals surface area (Å²) in [4.78, 5) is 0. The largest absolute Gasteiger partial charge is 0.488 e. The van der Waals surface area contributed by atoms with E-state index in [0.29, 0.717) is 23.2 Å². The van der Waals surface area contributed by atoms with E-state index in [1.165, 1.54) is 0 Å². The highest BCUT2D eigenvalue weighted by atomic mass is 79.9. The Balaban J connectivity index is 1.40. The van der Waals surface area contributed by atoms with E-state index in [0.717, 1.165) is 38.5 Å². The highest BCUT2D eigenvalue weighted by molar-refractivity contribution is 9.10. The van der Waals surface area contributed by atoms with Gasteiger partial charge < -0.3 is 14.8 Å². The molecule has 0 unspecified atom stereocenters. The van der Waals surface area contributed by atoms with Gasteiger partial charge in [-0.25, -0.2) is 0 Å². The van der Waals surface area contributed by atoms with Crippen LogP contribution in [-0.4, -0.2) is 0 Å². The van der Waals surface area contributed by atoms with Crippen LogP contribution in [0.15, 0.2) is 95.5 Å². The molecular formula is C26H20BrCl2NO2. The van der Waals surface area contributed by atoms with E-state index in [2.05, 4.69) is 21.2 Å². The van der Waals surface area contributed by atoms with Gasteiger partial charge in [0, 0.05) is 37.9 Å². The van der Waals surface area contributed by atoms with E-state index in [1.807, 2.05) is 78.9 Å². The van der Waals surface area contributed by atoms with Crippen molar-refractivity contribution in [3.8, 4) is 17.2 Å². The monoisotopic (exact) mass is 527 g/mol. The molecule has 1 N–H and O–H groups in total. The maximum atomic E-state index is 6.27. The quantitative estimate of drug-likeness (QED) is 0.248. The molecule has 0 bridgehead atoms. The first-order valence-electron chi connectivity index (χ1n) is 9.99. The molecule has 4 aromatic rings. The van der Waals surface area contributed by atoms with Crippen molar-refractivity contribution >= 4 is 44.8 Å². The summed E-state index contributed by atoms with van der Waals surface area (Å²) in [5.41, 5.74) is 2.89. The van der Waals surface area contributed by atoms with Crippen molar-refractivity contribution < 1.29 is 9.47 Å². The highest BCUT2D eigenvalue weighted by Crippen LogP contribution is 2.28. The third kappa shape index (κ3) is 6.19. The smallest absolute Gasteiger partial charge is 0.127 e. The van der Waals surface area contributed by atoms with E-state index in [1.54, 1.807) is 12.1 Å². The normalized spacial score (nSPS) is 10.6. The molecule has 4 rings (SSSR count). The number of halogens is 3. The first-order chi connectivity index (χ1) is 15.6. The minimum absolute atomic E-state index is 0.357. The van der Waals surface area contributed by atoms with Gasteiger partial charge >= 0.3 is 0 Å². The summed E-state index contributed by atoms with van der Waals surface area (Å²) in [6, 6.07) is 28.9. The molecule has 162 valence electrons. The van der Waals surface area contributed by atoms with Crippen molar-refractivity contribution in [3.63, 3.8) is 0 Å². The molecule has 4 aromatic carbocycles. The lowest BCUT2D eigenvalue weighted by Crippen LogP contribution is -2.04. The molecule has 0 saturated heterocycles. The van der Waals surface area contributed by atoms with Crippen molar-refractivity contribution in [2.45, 2.75) is 13.2 Å². The van der Waals surface area contributed by atoms with Gasteiger partial charge in [0.2, 0.25) is 0 Å². The van der Waals surface area contributed by atoms with Crippen molar-refractivity contribution in [1.82, 2.24) is 0 Å². The molecule has 0 fully saturated rings. The van der Waals surface area contributed by atoms with Crippen LogP contribution >= 0.6 is 39.1 Å². The minimum atomic E-state index is 0.357. The van der Waals surface area contributed by atoms with E-state index < -0.39 is 0 Å². The molecular weight excluding hydrogens is 509 g/mol. The van der Waals surface area contributed by atoms with Crippen LogP contribution in [0.1, 0.15) is 11.1 Å². The number of ether oxygens (including phenoxy) is 2. The molecule has 0 aliphatic rings. The van der Waals surface area contributed by atoms with Gasteiger partial charge in [-0.2, -0.15) is 0 Å².